The molecular weight excluding hydrogens is 254 g/mol. The Morgan fingerprint density at radius 1 is 1.10 bits per heavy atom. The van der Waals surface area contributed by atoms with Gasteiger partial charge in [-0.25, -0.2) is 10.2 Å². The van der Waals surface area contributed by atoms with Crippen LogP contribution in [-0.4, -0.2) is 18.0 Å². The lowest BCUT2D eigenvalue weighted by Crippen LogP contribution is -2.49. The number of hydrazine groups is 1. The Bertz CT molecular complexity index is 365. The highest BCUT2D eigenvalue weighted by Crippen LogP contribution is 2.16. The van der Waals surface area contributed by atoms with Crippen molar-refractivity contribution in [2.24, 2.45) is 0 Å². The first kappa shape index (κ1) is 16.4. The van der Waals surface area contributed by atoms with Crippen molar-refractivity contribution in [1.29, 1.82) is 0 Å². The maximum atomic E-state index is 11.5. The predicted octanol–water partition coefficient (Wildman–Crippen LogP) is 2.23. The van der Waals surface area contributed by atoms with Crippen LogP contribution >= 0.6 is 0 Å². The third-order valence-corrected chi connectivity index (χ3v) is 3.34. The SMILES string of the molecule is CCCCCC#CC(=O)NNC(=O)NC1CCCCC1. The molecule has 3 N–H and O–H groups in total. The smallest absolute Gasteiger partial charge is 0.333 e. The molecule has 0 aromatic heterocycles. The largest absolute Gasteiger partial charge is 0.334 e. The fourth-order valence-corrected chi connectivity index (χ4v) is 2.22. The molecule has 1 rings (SSSR count). The number of rotatable bonds is 4. The van der Waals surface area contributed by atoms with Crippen LogP contribution in [0.5, 0.6) is 0 Å². The molecule has 0 radical (unpaired) electrons. The lowest BCUT2D eigenvalue weighted by atomic mass is 9.96. The summed E-state index contributed by atoms with van der Waals surface area (Å²) < 4.78 is 0. The lowest BCUT2D eigenvalue weighted by molar-refractivity contribution is -0.116. The van der Waals surface area contributed by atoms with Crippen molar-refractivity contribution in [3.05, 3.63) is 0 Å². The molecule has 0 saturated heterocycles. The Morgan fingerprint density at radius 2 is 1.85 bits per heavy atom. The zero-order valence-electron chi connectivity index (χ0n) is 12.3. The van der Waals surface area contributed by atoms with Crippen LogP contribution < -0.4 is 16.2 Å². The number of carbonyl (C=O) groups excluding carboxylic acids is 2. The van der Waals surface area contributed by atoms with Gasteiger partial charge in [0.15, 0.2) is 0 Å². The minimum atomic E-state index is -0.472. The number of urea groups is 1. The molecule has 1 saturated carbocycles. The van der Waals surface area contributed by atoms with Crippen molar-refractivity contribution in [2.75, 3.05) is 0 Å². The van der Waals surface area contributed by atoms with Gasteiger partial charge >= 0.3 is 11.9 Å². The minimum Gasteiger partial charge on any atom is -0.334 e. The number of hydrogen-bond donors (Lipinski definition) is 3. The topological polar surface area (TPSA) is 70.2 Å². The first-order valence-corrected chi connectivity index (χ1v) is 7.57. The average Bonchev–Trinajstić information content (AvgIpc) is 2.46. The maximum absolute atomic E-state index is 11.5. The maximum Gasteiger partial charge on any atom is 0.333 e. The third-order valence-electron chi connectivity index (χ3n) is 3.34. The second-order valence-corrected chi connectivity index (χ2v) is 5.15. The summed E-state index contributed by atoms with van der Waals surface area (Å²) in [5, 5.41) is 2.85. The summed E-state index contributed by atoms with van der Waals surface area (Å²) in [7, 11) is 0. The van der Waals surface area contributed by atoms with Crippen LogP contribution in [0.15, 0.2) is 0 Å². The second kappa shape index (κ2) is 10.1. The molecule has 3 amide bonds. The zero-order valence-corrected chi connectivity index (χ0v) is 12.3. The van der Waals surface area contributed by atoms with Crippen molar-refractivity contribution in [3.63, 3.8) is 0 Å². The molecule has 0 aliphatic heterocycles. The summed E-state index contributed by atoms with van der Waals surface area (Å²) in [5.41, 5.74) is 4.62. The molecule has 1 fully saturated rings. The van der Waals surface area contributed by atoms with Crippen molar-refractivity contribution < 1.29 is 9.59 Å². The molecular formula is C15H25N3O2. The van der Waals surface area contributed by atoms with Crippen LogP contribution in [0, 0.1) is 11.8 Å². The Morgan fingerprint density at radius 3 is 2.55 bits per heavy atom. The van der Waals surface area contributed by atoms with E-state index in [4.69, 9.17) is 0 Å². The molecule has 0 bridgehead atoms. The fraction of sp³-hybridized carbons (Fsp3) is 0.733. The van der Waals surface area contributed by atoms with E-state index in [0.29, 0.717) is 0 Å². The molecule has 5 heteroatoms. The van der Waals surface area contributed by atoms with Gasteiger partial charge in [-0.1, -0.05) is 44.9 Å². The average molecular weight is 279 g/mol. The first-order chi connectivity index (χ1) is 9.72. The Kier molecular flexibility index (Phi) is 8.28. The van der Waals surface area contributed by atoms with Gasteiger partial charge in [-0.05, 0) is 25.2 Å². The van der Waals surface area contributed by atoms with E-state index in [1.807, 2.05) is 0 Å². The van der Waals surface area contributed by atoms with Crippen molar-refractivity contribution >= 4 is 11.9 Å². The van der Waals surface area contributed by atoms with Gasteiger partial charge in [-0.2, -0.15) is 0 Å². The van der Waals surface area contributed by atoms with Crippen LogP contribution in [-0.2, 0) is 4.79 Å². The van der Waals surface area contributed by atoms with Crippen LogP contribution in [0.1, 0.15) is 64.7 Å². The molecule has 0 atom stereocenters. The lowest BCUT2D eigenvalue weighted by Gasteiger charge is -2.22. The van der Waals surface area contributed by atoms with E-state index < -0.39 is 5.91 Å². The summed E-state index contributed by atoms with van der Waals surface area (Å²) in [4.78, 5) is 22.9. The molecule has 5 nitrogen and oxygen atoms in total. The van der Waals surface area contributed by atoms with Gasteiger partial charge in [0.25, 0.3) is 0 Å². The summed E-state index contributed by atoms with van der Waals surface area (Å²) in [6.45, 7) is 2.12. The van der Waals surface area contributed by atoms with E-state index in [-0.39, 0.29) is 12.1 Å². The van der Waals surface area contributed by atoms with Crippen LogP contribution in [0.25, 0.3) is 0 Å². The number of hydrogen-bond acceptors (Lipinski definition) is 2. The third kappa shape index (κ3) is 7.67. The number of nitrogens with one attached hydrogen (secondary N) is 3. The normalized spacial score (nSPS) is 14.8. The van der Waals surface area contributed by atoms with E-state index in [1.54, 1.807) is 0 Å². The zero-order chi connectivity index (χ0) is 14.6. The second-order valence-electron chi connectivity index (χ2n) is 5.15. The van der Waals surface area contributed by atoms with Crippen LogP contribution in [0.3, 0.4) is 0 Å². The van der Waals surface area contributed by atoms with Crippen molar-refractivity contribution in [1.82, 2.24) is 16.2 Å². The standard InChI is InChI=1S/C15H25N3O2/c1-2-3-4-5-9-12-14(19)17-18-15(20)16-13-10-7-6-8-11-13/h13H,2-8,10-11H2,1H3,(H,17,19)(H2,16,18,20). The van der Waals surface area contributed by atoms with Crippen LogP contribution in [0.4, 0.5) is 4.79 Å². The van der Waals surface area contributed by atoms with Crippen molar-refractivity contribution in [2.45, 2.75) is 70.8 Å². The molecule has 112 valence electrons. The molecule has 0 aromatic rings. The molecule has 1 aliphatic rings. The van der Waals surface area contributed by atoms with Crippen molar-refractivity contribution in [3.8, 4) is 11.8 Å². The van der Waals surface area contributed by atoms with Gasteiger partial charge in [0.1, 0.15) is 0 Å². The Hall–Kier alpha value is -1.70. The monoisotopic (exact) mass is 279 g/mol. The summed E-state index contributed by atoms with van der Waals surface area (Å²) in [5.74, 6) is 4.78. The molecule has 0 unspecified atom stereocenters. The first-order valence-electron chi connectivity index (χ1n) is 7.57. The van der Waals surface area contributed by atoms with E-state index in [2.05, 4.69) is 34.9 Å². The Balaban J connectivity index is 2.11. The van der Waals surface area contributed by atoms with Gasteiger partial charge in [0, 0.05) is 12.5 Å². The summed E-state index contributed by atoms with van der Waals surface area (Å²) in [6.07, 6.45) is 9.56. The molecule has 1 aliphatic carbocycles. The van der Waals surface area contributed by atoms with E-state index in [9.17, 15) is 9.59 Å². The highest BCUT2D eigenvalue weighted by atomic mass is 16.2. The summed E-state index contributed by atoms with van der Waals surface area (Å²) in [6, 6.07) is -0.140. The van der Waals surface area contributed by atoms with Gasteiger partial charge in [0.2, 0.25) is 0 Å². The predicted molar refractivity (Wildman–Crippen MR) is 78.6 cm³/mol. The van der Waals surface area contributed by atoms with E-state index >= 15 is 0 Å². The fourth-order valence-electron chi connectivity index (χ4n) is 2.22. The molecule has 20 heavy (non-hydrogen) atoms. The Labute approximate surface area is 121 Å². The highest BCUT2D eigenvalue weighted by Gasteiger charge is 2.15. The van der Waals surface area contributed by atoms with E-state index in [0.717, 1.165) is 51.4 Å². The molecule has 0 heterocycles. The van der Waals surface area contributed by atoms with E-state index in [1.165, 1.54) is 6.42 Å². The van der Waals surface area contributed by atoms with Gasteiger partial charge in [-0.3, -0.25) is 10.2 Å². The van der Waals surface area contributed by atoms with Gasteiger partial charge < -0.3 is 5.32 Å². The van der Waals surface area contributed by atoms with Gasteiger partial charge in [-0.15, -0.1) is 0 Å². The number of unbranched alkanes of at least 4 members (excludes halogenated alkanes) is 3. The summed E-state index contributed by atoms with van der Waals surface area (Å²) >= 11 is 0. The molecule has 0 spiro atoms. The van der Waals surface area contributed by atoms with Gasteiger partial charge in [0.05, 0.1) is 0 Å². The highest BCUT2D eigenvalue weighted by molar-refractivity contribution is 5.94. The minimum absolute atomic E-state index is 0.223. The quantitative estimate of drug-likeness (QED) is 0.419. The number of amides is 3. The number of carbonyl (C=O) groups is 2. The molecule has 0 aromatic carbocycles. The van der Waals surface area contributed by atoms with Crippen LogP contribution in [0.2, 0.25) is 0 Å².